The van der Waals surface area contributed by atoms with E-state index in [9.17, 15) is 9.59 Å². The highest BCUT2D eigenvalue weighted by Gasteiger charge is 2.15. The lowest BCUT2D eigenvalue weighted by atomic mass is 10.4. The maximum atomic E-state index is 12.3. The number of amides is 1. The fourth-order valence-electron chi connectivity index (χ4n) is 2.90. The molecule has 16 heteroatoms. The summed E-state index contributed by atoms with van der Waals surface area (Å²) in [6, 6.07) is 0. The number of alkyl carbamates (subject to hydrolysis) is 1. The summed E-state index contributed by atoms with van der Waals surface area (Å²) in [5.41, 5.74) is 10.7. The molecule has 1 amide bonds. The summed E-state index contributed by atoms with van der Waals surface area (Å²) in [7, 11) is 0. The summed E-state index contributed by atoms with van der Waals surface area (Å²) in [5, 5.41) is 2.64. The minimum atomic E-state index is -0.625. The van der Waals surface area contributed by atoms with E-state index in [1.165, 1.54) is 0 Å². The molecule has 0 bridgehead atoms. The largest absolute Gasteiger partial charge is 0.441 e. The van der Waals surface area contributed by atoms with Crippen LogP contribution in [0.1, 0.15) is 20.3 Å². The molecule has 0 aliphatic rings. The minimum absolute atomic E-state index is 0.138. The van der Waals surface area contributed by atoms with Crippen molar-refractivity contribution in [3.63, 3.8) is 0 Å². The van der Waals surface area contributed by atoms with Crippen LogP contribution in [0.4, 0.5) is 4.79 Å². The SMILES string of the molecule is CC.NCCOCCOCCOCC(COCCOCCOCCN)OC(=O)NCCOCCOCCOCCOCCC=O. The van der Waals surface area contributed by atoms with E-state index in [2.05, 4.69) is 5.32 Å². The summed E-state index contributed by atoms with van der Waals surface area (Å²) in [4.78, 5) is 22.4. The Bertz CT molecular complexity index is 562. The van der Waals surface area contributed by atoms with Crippen molar-refractivity contribution in [2.75, 3.05) is 152 Å². The molecule has 0 fully saturated rings. The highest BCUT2D eigenvalue weighted by atomic mass is 16.6. The van der Waals surface area contributed by atoms with E-state index in [1.807, 2.05) is 13.8 Å². The van der Waals surface area contributed by atoms with Crippen molar-refractivity contribution in [2.24, 2.45) is 11.5 Å². The third kappa shape index (κ3) is 40.4. The summed E-state index contributed by atoms with van der Waals surface area (Å²) in [6.45, 7) is 12.9. The van der Waals surface area contributed by atoms with E-state index >= 15 is 0 Å². The van der Waals surface area contributed by atoms with E-state index in [0.717, 1.165) is 6.29 Å². The lowest BCUT2D eigenvalue weighted by molar-refractivity contribution is -0.109. The van der Waals surface area contributed by atoms with Crippen LogP contribution < -0.4 is 16.8 Å². The number of carbonyl (C=O) groups is 2. The molecule has 0 radical (unpaired) electrons. The molecule has 5 N–H and O–H groups in total. The van der Waals surface area contributed by atoms with Crippen LogP contribution in [0.3, 0.4) is 0 Å². The third-order valence-corrected chi connectivity index (χ3v) is 4.91. The summed E-state index contributed by atoms with van der Waals surface area (Å²) in [5.74, 6) is 0. The molecule has 0 unspecified atom stereocenters. The van der Waals surface area contributed by atoms with Gasteiger partial charge < -0.3 is 73.7 Å². The predicted octanol–water partition coefficient (Wildman–Crippen LogP) is -0.220. The molecule has 0 saturated carbocycles. The van der Waals surface area contributed by atoms with Crippen LogP contribution in [0.15, 0.2) is 0 Å². The Morgan fingerprint density at radius 1 is 0.533 bits per heavy atom. The van der Waals surface area contributed by atoms with Gasteiger partial charge in [0.15, 0.2) is 6.10 Å². The molecule has 270 valence electrons. The normalized spacial score (nSPS) is 11.0. The molecule has 0 spiro atoms. The number of hydrogen-bond donors (Lipinski definition) is 3. The first-order valence-electron chi connectivity index (χ1n) is 15.8. The summed E-state index contributed by atoms with van der Waals surface area (Å²) < 4.78 is 59.4. The van der Waals surface area contributed by atoms with Crippen LogP contribution in [-0.2, 0) is 56.9 Å². The Hall–Kier alpha value is -1.54. The highest BCUT2D eigenvalue weighted by Crippen LogP contribution is 1.98. The fraction of sp³-hybridized carbons (Fsp3) is 0.931. The van der Waals surface area contributed by atoms with Crippen LogP contribution in [-0.4, -0.2) is 170 Å². The quantitative estimate of drug-likeness (QED) is 0.0589. The zero-order valence-electron chi connectivity index (χ0n) is 27.6. The Morgan fingerprint density at radius 3 is 1.24 bits per heavy atom. The van der Waals surface area contributed by atoms with Gasteiger partial charge in [0.25, 0.3) is 0 Å². The number of rotatable bonds is 36. The fourth-order valence-corrected chi connectivity index (χ4v) is 2.90. The Morgan fingerprint density at radius 2 is 0.867 bits per heavy atom. The molecule has 0 rings (SSSR count). The van der Waals surface area contributed by atoms with Crippen molar-refractivity contribution < 1.29 is 61.7 Å². The van der Waals surface area contributed by atoms with E-state index in [-0.39, 0.29) is 19.8 Å². The van der Waals surface area contributed by atoms with Gasteiger partial charge in [-0.25, -0.2) is 4.79 Å². The zero-order valence-corrected chi connectivity index (χ0v) is 27.6. The highest BCUT2D eigenvalue weighted by molar-refractivity contribution is 5.67. The molecule has 0 aliphatic carbocycles. The van der Waals surface area contributed by atoms with Crippen LogP contribution in [0, 0.1) is 0 Å². The van der Waals surface area contributed by atoms with E-state index in [4.69, 9.17) is 63.6 Å². The molecule has 16 nitrogen and oxygen atoms in total. The molecule has 0 aromatic heterocycles. The smallest absolute Gasteiger partial charge is 0.407 e. The van der Waals surface area contributed by atoms with Crippen molar-refractivity contribution in [2.45, 2.75) is 26.4 Å². The average Bonchev–Trinajstić information content (AvgIpc) is 3.05. The minimum Gasteiger partial charge on any atom is -0.441 e. The van der Waals surface area contributed by atoms with Crippen molar-refractivity contribution in [1.29, 1.82) is 0 Å². The van der Waals surface area contributed by atoms with Crippen molar-refractivity contribution in [3.8, 4) is 0 Å². The summed E-state index contributed by atoms with van der Waals surface area (Å²) >= 11 is 0. The second-order valence-corrected chi connectivity index (χ2v) is 8.54. The number of aldehydes is 1. The van der Waals surface area contributed by atoms with Crippen LogP contribution in [0.5, 0.6) is 0 Å². The number of carbonyl (C=O) groups excluding carboxylic acids is 2. The maximum Gasteiger partial charge on any atom is 0.407 e. The van der Waals surface area contributed by atoms with Gasteiger partial charge in [0.1, 0.15) is 6.29 Å². The average molecular weight is 660 g/mol. The second-order valence-electron chi connectivity index (χ2n) is 8.54. The molecular weight excluding hydrogens is 598 g/mol. The van der Waals surface area contributed by atoms with Gasteiger partial charge in [-0.05, 0) is 0 Å². The van der Waals surface area contributed by atoms with Crippen molar-refractivity contribution >= 4 is 12.4 Å². The van der Waals surface area contributed by atoms with Crippen LogP contribution in [0.2, 0.25) is 0 Å². The van der Waals surface area contributed by atoms with Crippen LogP contribution >= 0.6 is 0 Å². The van der Waals surface area contributed by atoms with E-state index in [0.29, 0.717) is 138 Å². The number of nitrogens with one attached hydrogen (secondary N) is 1. The first-order valence-corrected chi connectivity index (χ1v) is 15.8. The van der Waals surface area contributed by atoms with Crippen molar-refractivity contribution in [1.82, 2.24) is 5.32 Å². The molecule has 0 heterocycles. The Labute approximate surface area is 269 Å². The summed E-state index contributed by atoms with van der Waals surface area (Å²) in [6.07, 6.45) is -0.0278. The van der Waals surface area contributed by atoms with E-state index < -0.39 is 12.2 Å². The van der Waals surface area contributed by atoms with Gasteiger partial charge in [0.05, 0.1) is 132 Å². The molecular formula is C29H61N3O13. The Balaban J connectivity index is 0. The molecule has 0 atom stereocenters. The van der Waals surface area contributed by atoms with Crippen LogP contribution in [0.25, 0.3) is 0 Å². The second kappa shape index (κ2) is 42.5. The number of nitrogens with two attached hydrogens (primary N) is 2. The molecule has 0 aromatic carbocycles. The number of hydrogen-bond acceptors (Lipinski definition) is 15. The van der Waals surface area contributed by atoms with Gasteiger partial charge in [-0.15, -0.1) is 0 Å². The molecule has 0 aromatic rings. The van der Waals surface area contributed by atoms with Gasteiger partial charge >= 0.3 is 6.09 Å². The Kier molecular flexibility index (Phi) is 43.0. The van der Waals surface area contributed by atoms with Crippen molar-refractivity contribution in [3.05, 3.63) is 0 Å². The standard InChI is InChI=1S/C27H55N3O13.C2H6/c28-2-7-34-11-15-39-20-22-41-24-26(25-42-23-21-40-16-12-35-8-3-29)43-27(32)30-4-9-36-13-17-38-19-18-37-14-10-33-6-1-5-31;1-2/h5,26H,1-4,6-25,28-29H2,(H,30,32);1-2H3. The monoisotopic (exact) mass is 659 g/mol. The topological polar surface area (TPSA) is 200 Å². The number of ether oxygens (including phenoxy) is 11. The van der Waals surface area contributed by atoms with Gasteiger partial charge in [-0.2, -0.15) is 0 Å². The van der Waals surface area contributed by atoms with Gasteiger partial charge in [0.2, 0.25) is 0 Å². The molecule has 0 aliphatic heterocycles. The first kappa shape index (κ1) is 45.6. The molecule has 0 saturated heterocycles. The maximum absolute atomic E-state index is 12.3. The van der Waals surface area contributed by atoms with Gasteiger partial charge in [0, 0.05) is 26.1 Å². The van der Waals surface area contributed by atoms with Gasteiger partial charge in [-0.3, -0.25) is 0 Å². The lowest BCUT2D eigenvalue weighted by Gasteiger charge is -2.19. The van der Waals surface area contributed by atoms with Gasteiger partial charge in [-0.1, -0.05) is 13.8 Å². The predicted molar refractivity (Wildman–Crippen MR) is 167 cm³/mol. The lowest BCUT2D eigenvalue weighted by Crippen LogP contribution is -2.36. The molecule has 45 heavy (non-hydrogen) atoms. The van der Waals surface area contributed by atoms with E-state index in [1.54, 1.807) is 0 Å². The zero-order chi connectivity index (χ0) is 33.3. The third-order valence-electron chi connectivity index (χ3n) is 4.91. The first-order chi connectivity index (χ1) is 22.2.